The summed E-state index contributed by atoms with van der Waals surface area (Å²) in [5, 5.41) is 7.08. The maximum atomic E-state index is 13.8. The van der Waals surface area contributed by atoms with Crippen molar-refractivity contribution < 1.29 is 4.39 Å². The molecule has 6 heteroatoms. The first kappa shape index (κ1) is 22.6. The van der Waals surface area contributed by atoms with Gasteiger partial charge in [0.05, 0.1) is 12.3 Å². The molecule has 0 aromatic carbocycles. The van der Waals surface area contributed by atoms with Gasteiger partial charge in [-0.05, 0) is 45.0 Å². The molecule has 27 heavy (non-hydrogen) atoms. The van der Waals surface area contributed by atoms with Crippen LogP contribution in [0.15, 0.2) is 76.4 Å². The predicted octanol–water partition coefficient (Wildman–Crippen LogP) is 2.93. The largest absolute Gasteiger partial charge is 0.381 e. The minimum absolute atomic E-state index is 0.299. The smallest absolute Gasteiger partial charge is 0.119 e. The third-order valence-electron chi connectivity index (χ3n) is 4.04. The van der Waals surface area contributed by atoms with E-state index in [4.69, 9.17) is 11.6 Å². The van der Waals surface area contributed by atoms with Crippen molar-refractivity contribution in [2.24, 2.45) is 16.7 Å². The normalized spacial score (nSPS) is 17.8. The van der Waals surface area contributed by atoms with Crippen molar-refractivity contribution in [2.45, 2.75) is 26.3 Å². The lowest BCUT2D eigenvalue weighted by Crippen LogP contribution is -2.56. The minimum atomic E-state index is -0.299. The van der Waals surface area contributed by atoms with Crippen LogP contribution in [0.25, 0.3) is 0 Å². The maximum absolute atomic E-state index is 13.8. The van der Waals surface area contributed by atoms with Gasteiger partial charge < -0.3 is 21.8 Å². The van der Waals surface area contributed by atoms with Gasteiger partial charge in [-0.2, -0.15) is 5.10 Å². The van der Waals surface area contributed by atoms with Crippen LogP contribution >= 0.6 is 0 Å². The second-order valence-electron chi connectivity index (χ2n) is 6.73. The molecule has 0 aliphatic carbocycles. The Bertz CT molecular complexity index is 673. The molecule has 1 aliphatic heterocycles. The predicted molar refractivity (Wildman–Crippen MR) is 114 cm³/mol. The molecule has 148 valence electrons. The lowest BCUT2D eigenvalue weighted by atomic mass is 10.0. The van der Waals surface area contributed by atoms with Crippen molar-refractivity contribution in [1.82, 2.24) is 10.2 Å². The van der Waals surface area contributed by atoms with Gasteiger partial charge in [0.2, 0.25) is 0 Å². The lowest BCUT2D eigenvalue weighted by Gasteiger charge is -2.38. The Balaban J connectivity index is 2.96. The quantitative estimate of drug-likeness (QED) is 0.238. The SMILES string of the molecule is C=CC(=C(CN)NC1CN(C)C1)C(/C=N\N)=C\C/C=C(F)/C=C\C=C(C)C. The molecule has 0 aromatic rings. The molecule has 0 saturated carbocycles. The zero-order valence-corrected chi connectivity index (χ0v) is 16.6. The van der Waals surface area contributed by atoms with Gasteiger partial charge in [0.25, 0.3) is 0 Å². The van der Waals surface area contributed by atoms with Gasteiger partial charge in [0.15, 0.2) is 0 Å². The van der Waals surface area contributed by atoms with Crippen LogP contribution in [0, 0.1) is 0 Å². The summed E-state index contributed by atoms with van der Waals surface area (Å²) in [5.74, 6) is 5.05. The standard InChI is InChI=1S/C21H32FN5/c1-5-20(21(12-23)26-19-14-27(4)15-19)17(13-25-24)9-7-11-18(22)10-6-8-16(2)3/h5-6,8-11,13,19,26H,1,7,12,14-15,23-24H2,2-4H3/b10-6-,17-9-,18-11-,21-20?,25-13-. The molecule has 0 radical (unpaired) electrons. The molecule has 1 fully saturated rings. The summed E-state index contributed by atoms with van der Waals surface area (Å²) in [6.45, 7) is 10.1. The summed E-state index contributed by atoms with van der Waals surface area (Å²) < 4.78 is 13.8. The van der Waals surface area contributed by atoms with Crippen molar-refractivity contribution in [1.29, 1.82) is 0 Å². The van der Waals surface area contributed by atoms with Crippen LogP contribution in [0.1, 0.15) is 20.3 Å². The van der Waals surface area contributed by atoms with Crippen molar-refractivity contribution in [3.63, 3.8) is 0 Å². The van der Waals surface area contributed by atoms with E-state index >= 15 is 0 Å². The first-order valence-corrected chi connectivity index (χ1v) is 9.03. The molecule has 1 rings (SSSR count). The molecular formula is C21H32FN5. The molecular weight excluding hydrogens is 341 g/mol. The van der Waals surface area contributed by atoms with Gasteiger partial charge >= 0.3 is 0 Å². The minimum Gasteiger partial charge on any atom is -0.381 e. The summed E-state index contributed by atoms with van der Waals surface area (Å²) in [6, 6.07) is 0.358. The van der Waals surface area contributed by atoms with E-state index in [-0.39, 0.29) is 5.83 Å². The zero-order valence-electron chi connectivity index (χ0n) is 16.6. The molecule has 0 spiro atoms. The molecule has 5 N–H and O–H groups in total. The van der Waals surface area contributed by atoms with E-state index in [0.29, 0.717) is 19.0 Å². The van der Waals surface area contributed by atoms with Gasteiger partial charge in [0.1, 0.15) is 5.83 Å². The van der Waals surface area contributed by atoms with E-state index in [1.807, 2.05) is 26.0 Å². The van der Waals surface area contributed by atoms with E-state index in [0.717, 1.165) is 35.5 Å². The average Bonchev–Trinajstić information content (AvgIpc) is 2.59. The highest BCUT2D eigenvalue weighted by atomic mass is 19.1. The monoisotopic (exact) mass is 373 g/mol. The molecule has 1 saturated heterocycles. The summed E-state index contributed by atoms with van der Waals surface area (Å²) in [5.41, 5.74) is 9.50. The van der Waals surface area contributed by atoms with E-state index in [1.165, 1.54) is 18.4 Å². The molecule has 0 aromatic heterocycles. The maximum Gasteiger partial charge on any atom is 0.119 e. The molecule has 0 atom stereocenters. The number of hydrogen-bond acceptors (Lipinski definition) is 5. The number of hydrazone groups is 1. The van der Waals surface area contributed by atoms with E-state index in [2.05, 4.69) is 28.9 Å². The van der Waals surface area contributed by atoms with Gasteiger partial charge in [0, 0.05) is 30.9 Å². The van der Waals surface area contributed by atoms with Crippen molar-refractivity contribution in [2.75, 3.05) is 26.7 Å². The summed E-state index contributed by atoms with van der Waals surface area (Å²) in [7, 11) is 2.07. The van der Waals surface area contributed by atoms with Gasteiger partial charge in [-0.25, -0.2) is 4.39 Å². The van der Waals surface area contributed by atoms with Gasteiger partial charge in [-0.1, -0.05) is 36.5 Å². The highest BCUT2D eigenvalue weighted by Gasteiger charge is 2.23. The summed E-state index contributed by atoms with van der Waals surface area (Å²) in [4.78, 5) is 2.22. The van der Waals surface area contributed by atoms with Gasteiger partial charge in [-0.15, -0.1) is 0 Å². The van der Waals surface area contributed by atoms with Crippen LogP contribution in [-0.2, 0) is 0 Å². The van der Waals surface area contributed by atoms with Crippen LogP contribution in [0.5, 0.6) is 0 Å². The first-order valence-electron chi connectivity index (χ1n) is 9.03. The van der Waals surface area contributed by atoms with Crippen molar-refractivity contribution in [3.8, 4) is 0 Å². The fourth-order valence-corrected chi connectivity index (χ4v) is 2.71. The molecule has 0 unspecified atom stereocenters. The van der Waals surface area contributed by atoms with Crippen molar-refractivity contribution >= 4 is 6.21 Å². The van der Waals surface area contributed by atoms with Crippen LogP contribution in [-0.4, -0.2) is 43.8 Å². The second-order valence-corrected chi connectivity index (χ2v) is 6.73. The fourth-order valence-electron chi connectivity index (χ4n) is 2.71. The summed E-state index contributed by atoms with van der Waals surface area (Å²) in [6.07, 6.45) is 12.0. The topological polar surface area (TPSA) is 79.7 Å². The number of hydrogen-bond donors (Lipinski definition) is 3. The second kappa shape index (κ2) is 12.0. The fraction of sp³-hybridized carbons (Fsp3) is 0.381. The average molecular weight is 374 g/mol. The Morgan fingerprint density at radius 2 is 2.04 bits per heavy atom. The highest BCUT2D eigenvalue weighted by molar-refractivity contribution is 5.86. The number of likely N-dealkylation sites (N-methyl/N-ethyl adjacent to an activating group) is 1. The number of nitrogens with two attached hydrogens (primary N) is 2. The van der Waals surface area contributed by atoms with E-state index < -0.39 is 0 Å². The van der Waals surface area contributed by atoms with Crippen LogP contribution in [0.2, 0.25) is 0 Å². The molecule has 1 aliphatic rings. The lowest BCUT2D eigenvalue weighted by molar-refractivity contribution is 0.170. The third kappa shape index (κ3) is 8.19. The molecule has 0 amide bonds. The van der Waals surface area contributed by atoms with Crippen LogP contribution in [0.3, 0.4) is 0 Å². The number of rotatable bonds is 10. The van der Waals surface area contributed by atoms with E-state index in [1.54, 1.807) is 12.2 Å². The first-order chi connectivity index (χ1) is 12.9. The Morgan fingerprint density at radius 1 is 1.33 bits per heavy atom. The number of halogens is 1. The van der Waals surface area contributed by atoms with Gasteiger partial charge in [-0.3, -0.25) is 0 Å². The Kier molecular flexibility index (Phi) is 10.1. The molecule has 1 heterocycles. The summed E-state index contributed by atoms with van der Waals surface area (Å²) >= 11 is 0. The Morgan fingerprint density at radius 3 is 2.56 bits per heavy atom. The zero-order chi connectivity index (χ0) is 20.2. The third-order valence-corrected chi connectivity index (χ3v) is 4.04. The highest BCUT2D eigenvalue weighted by Crippen LogP contribution is 2.17. The molecule has 0 bridgehead atoms. The number of nitrogens with zero attached hydrogens (tertiary/aromatic N) is 2. The van der Waals surface area contributed by atoms with E-state index in [9.17, 15) is 4.39 Å². The molecule has 5 nitrogen and oxygen atoms in total. The number of likely N-dealkylation sites (tertiary alicyclic amines) is 1. The van der Waals surface area contributed by atoms with Crippen LogP contribution < -0.4 is 16.9 Å². The Hall–Kier alpha value is -2.44. The van der Waals surface area contributed by atoms with Crippen molar-refractivity contribution in [3.05, 3.63) is 71.3 Å². The Labute approximate surface area is 162 Å². The number of nitrogens with one attached hydrogen (secondary N) is 1. The number of allylic oxidation sites excluding steroid dienone is 10. The van der Waals surface area contributed by atoms with Crippen LogP contribution in [0.4, 0.5) is 4.39 Å².